The summed E-state index contributed by atoms with van der Waals surface area (Å²) in [5.41, 5.74) is 2.84. The number of amides is 1. The molecule has 0 bridgehead atoms. The average Bonchev–Trinajstić information content (AvgIpc) is 3.30. The summed E-state index contributed by atoms with van der Waals surface area (Å²) >= 11 is 0. The fourth-order valence-electron chi connectivity index (χ4n) is 3.69. The quantitative estimate of drug-likeness (QED) is 0.744. The number of likely N-dealkylation sites (tertiary alicyclic amines) is 1. The lowest BCUT2D eigenvalue weighted by Gasteiger charge is -2.18. The molecule has 1 amide bonds. The number of benzene rings is 1. The number of carbonyl (C=O) groups is 1. The summed E-state index contributed by atoms with van der Waals surface area (Å²) in [7, 11) is 0. The summed E-state index contributed by atoms with van der Waals surface area (Å²) < 4.78 is 4.03. The second-order valence-electron chi connectivity index (χ2n) is 6.24. The zero-order chi connectivity index (χ0) is 16.7. The number of para-hydroxylation sites is 2. The first-order valence-corrected chi connectivity index (χ1v) is 8.43. The Hall–Kier alpha value is -2.63. The fraction of sp³-hybridized carbons (Fsp3) is 0.389. The molecule has 1 aliphatic heterocycles. The van der Waals surface area contributed by atoms with Crippen molar-refractivity contribution in [3.63, 3.8) is 0 Å². The zero-order valence-electron chi connectivity index (χ0n) is 14.0. The van der Waals surface area contributed by atoms with Crippen molar-refractivity contribution in [1.82, 2.24) is 24.2 Å². The zero-order valence-corrected chi connectivity index (χ0v) is 14.0. The number of fused-ring (bicyclic) bond motifs is 1. The van der Waals surface area contributed by atoms with Gasteiger partial charge in [0, 0.05) is 25.8 Å². The maximum atomic E-state index is 12.8. The lowest BCUT2D eigenvalue weighted by Crippen LogP contribution is -2.31. The van der Waals surface area contributed by atoms with E-state index >= 15 is 0 Å². The lowest BCUT2D eigenvalue weighted by molar-refractivity contribution is 0.0775. The third kappa shape index (κ3) is 2.29. The molecule has 1 atom stereocenters. The van der Waals surface area contributed by atoms with Gasteiger partial charge >= 0.3 is 0 Å². The molecule has 4 rings (SSSR count). The van der Waals surface area contributed by atoms with E-state index in [2.05, 4.69) is 20.7 Å². The Morgan fingerprint density at radius 1 is 1.29 bits per heavy atom. The highest BCUT2D eigenvalue weighted by molar-refractivity contribution is 5.92. The van der Waals surface area contributed by atoms with Crippen molar-refractivity contribution in [2.24, 2.45) is 0 Å². The van der Waals surface area contributed by atoms with Gasteiger partial charge in [-0.3, -0.25) is 9.48 Å². The van der Waals surface area contributed by atoms with Crippen molar-refractivity contribution < 1.29 is 4.79 Å². The highest BCUT2D eigenvalue weighted by atomic mass is 16.2. The van der Waals surface area contributed by atoms with Crippen LogP contribution in [0.3, 0.4) is 0 Å². The van der Waals surface area contributed by atoms with Gasteiger partial charge in [-0.25, -0.2) is 4.98 Å². The molecule has 124 valence electrons. The molecular formula is C18H21N5O. The van der Waals surface area contributed by atoms with E-state index in [1.807, 2.05) is 36.9 Å². The van der Waals surface area contributed by atoms with Crippen LogP contribution in [0.25, 0.3) is 11.0 Å². The van der Waals surface area contributed by atoms with Gasteiger partial charge in [-0.1, -0.05) is 12.1 Å². The molecule has 1 aromatic carbocycles. The smallest absolute Gasteiger partial charge is 0.272 e. The molecule has 0 radical (unpaired) electrons. The number of rotatable bonds is 3. The minimum Gasteiger partial charge on any atom is -0.335 e. The van der Waals surface area contributed by atoms with Crippen LogP contribution in [0.4, 0.5) is 0 Å². The van der Waals surface area contributed by atoms with E-state index in [1.165, 1.54) is 0 Å². The second kappa shape index (κ2) is 5.78. The van der Waals surface area contributed by atoms with Gasteiger partial charge in [0.05, 0.1) is 17.1 Å². The first-order chi connectivity index (χ1) is 11.7. The Kier molecular flexibility index (Phi) is 3.59. The van der Waals surface area contributed by atoms with E-state index < -0.39 is 0 Å². The van der Waals surface area contributed by atoms with Gasteiger partial charge in [0.25, 0.3) is 5.91 Å². The Balaban J connectivity index is 1.60. The number of carbonyl (C=O) groups excluding carboxylic acids is 1. The molecule has 3 aromatic rings. The van der Waals surface area contributed by atoms with Gasteiger partial charge < -0.3 is 9.47 Å². The van der Waals surface area contributed by atoms with Crippen LogP contribution in [0, 0.1) is 6.92 Å². The molecule has 6 heteroatoms. The molecule has 0 aliphatic carbocycles. The number of aryl methyl sites for hydroxylation is 2. The molecule has 6 nitrogen and oxygen atoms in total. The highest BCUT2D eigenvalue weighted by Gasteiger charge is 2.30. The van der Waals surface area contributed by atoms with E-state index in [0.29, 0.717) is 12.2 Å². The van der Waals surface area contributed by atoms with E-state index in [-0.39, 0.29) is 11.9 Å². The van der Waals surface area contributed by atoms with Gasteiger partial charge in [0.15, 0.2) is 0 Å². The minimum atomic E-state index is 0.0684. The minimum absolute atomic E-state index is 0.0684. The predicted molar refractivity (Wildman–Crippen MR) is 91.9 cm³/mol. The van der Waals surface area contributed by atoms with Crippen LogP contribution in [-0.2, 0) is 6.54 Å². The first-order valence-electron chi connectivity index (χ1n) is 8.43. The Bertz CT molecular complexity index is 894. The molecular weight excluding hydrogens is 302 g/mol. The third-order valence-electron chi connectivity index (χ3n) is 4.82. The molecule has 0 N–H and O–H groups in total. The fourth-order valence-corrected chi connectivity index (χ4v) is 3.69. The summed E-state index contributed by atoms with van der Waals surface area (Å²) in [6, 6.07) is 10.3. The van der Waals surface area contributed by atoms with E-state index in [9.17, 15) is 4.79 Å². The number of hydrogen-bond donors (Lipinski definition) is 0. The molecule has 1 saturated heterocycles. The monoisotopic (exact) mass is 323 g/mol. The summed E-state index contributed by atoms with van der Waals surface area (Å²) in [6.07, 6.45) is 2.64. The van der Waals surface area contributed by atoms with Crippen LogP contribution in [0.2, 0.25) is 0 Å². The summed E-state index contributed by atoms with van der Waals surface area (Å²) in [4.78, 5) is 19.4. The number of aromatic nitrogens is 4. The van der Waals surface area contributed by atoms with E-state index in [4.69, 9.17) is 0 Å². The van der Waals surface area contributed by atoms with Crippen LogP contribution in [0.15, 0.2) is 36.5 Å². The Labute approximate surface area is 140 Å². The van der Waals surface area contributed by atoms with Gasteiger partial charge in [0.2, 0.25) is 0 Å². The average molecular weight is 323 g/mol. The van der Waals surface area contributed by atoms with Crippen molar-refractivity contribution in [2.75, 3.05) is 13.1 Å². The van der Waals surface area contributed by atoms with Gasteiger partial charge in [-0.2, -0.15) is 5.10 Å². The predicted octanol–water partition coefficient (Wildman–Crippen LogP) is 2.65. The summed E-state index contributed by atoms with van der Waals surface area (Å²) in [5.74, 6) is 1.08. The van der Waals surface area contributed by atoms with Crippen LogP contribution in [0.5, 0.6) is 0 Å². The molecule has 0 saturated carbocycles. The third-order valence-corrected chi connectivity index (χ3v) is 4.82. The van der Waals surface area contributed by atoms with Crippen molar-refractivity contribution in [1.29, 1.82) is 0 Å². The maximum Gasteiger partial charge on any atom is 0.272 e. The normalized spacial score (nSPS) is 17.8. The van der Waals surface area contributed by atoms with Crippen LogP contribution >= 0.6 is 0 Å². The van der Waals surface area contributed by atoms with Crippen molar-refractivity contribution >= 4 is 16.9 Å². The molecule has 1 fully saturated rings. The van der Waals surface area contributed by atoms with Crippen molar-refractivity contribution in [2.45, 2.75) is 32.9 Å². The lowest BCUT2D eigenvalue weighted by atomic mass is 10.2. The Morgan fingerprint density at radius 3 is 2.96 bits per heavy atom. The first kappa shape index (κ1) is 14.9. The highest BCUT2D eigenvalue weighted by Crippen LogP contribution is 2.28. The summed E-state index contributed by atoms with van der Waals surface area (Å²) in [5, 5.41) is 4.21. The molecule has 1 aliphatic rings. The van der Waals surface area contributed by atoms with Gasteiger partial charge in [0.1, 0.15) is 11.5 Å². The molecule has 24 heavy (non-hydrogen) atoms. The van der Waals surface area contributed by atoms with Gasteiger partial charge in [-0.15, -0.1) is 0 Å². The standard InChI is InChI=1S/C18H21N5O/c1-3-22-17(8-10-19-22)18(24)21-11-9-14(12-21)23-13(2)20-15-6-4-5-7-16(15)23/h4-8,10,14H,3,9,11-12H2,1-2H3. The SMILES string of the molecule is CCn1nccc1C(=O)N1CCC(n2c(C)nc3ccccc32)C1. The van der Waals surface area contributed by atoms with Crippen molar-refractivity contribution in [3.8, 4) is 0 Å². The topological polar surface area (TPSA) is 56.0 Å². The van der Waals surface area contributed by atoms with Crippen LogP contribution in [0.1, 0.15) is 35.7 Å². The Morgan fingerprint density at radius 2 is 2.12 bits per heavy atom. The van der Waals surface area contributed by atoms with Gasteiger partial charge in [-0.05, 0) is 38.5 Å². The molecule has 3 heterocycles. The summed E-state index contributed by atoms with van der Waals surface area (Å²) in [6.45, 7) is 6.23. The largest absolute Gasteiger partial charge is 0.335 e. The van der Waals surface area contributed by atoms with Crippen molar-refractivity contribution in [3.05, 3.63) is 48.0 Å². The molecule has 2 aromatic heterocycles. The second-order valence-corrected chi connectivity index (χ2v) is 6.24. The van der Waals surface area contributed by atoms with E-state index in [0.717, 1.165) is 36.4 Å². The molecule has 1 unspecified atom stereocenters. The van der Waals surface area contributed by atoms with Crippen LogP contribution < -0.4 is 0 Å². The number of imidazole rings is 1. The molecule has 0 spiro atoms. The van der Waals surface area contributed by atoms with Crippen LogP contribution in [-0.4, -0.2) is 43.2 Å². The number of hydrogen-bond acceptors (Lipinski definition) is 3. The maximum absolute atomic E-state index is 12.8. The number of nitrogens with zero attached hydrogens (tertiary/aromatic N) is 5. The van der Waals surface area contributed by atoms with E-state index in [1.54, 1.807) is 16.9 Å².